The van der Waals surface area contributed by atoms with Crippen molar-refractivity contribution in [2.75, 3.05) is 32.8 Å². The van der Waals surface area contributed by atoms with Crippen LogP contribution in [-0.2, 0) is 9.53 Å². The summed E-state index contributed by atoms with van der Waals surface area (Å²) in [6.07, 6.45) is 0. The van der Waals surface area contributed by atoms with Crippen LogP contribution in [-0.4, -0.2) is 39.8 Å². The molecule has 0 aliphatic carbocycles. The van der Waals surface area contributed by atoms with Crippen molar-refractivity contribution in [3.63, 3.8) is 0 Å². The van der Waals surface area contributed by atoms with Gasteiger partial charge in [-0.25, -0.2) is 4.39 Å². The molecule has 1 aromatic rings. The highest BCUT2D eigenvalue weighted by atomic mass is 35.5. The van der Waals surface area contributed by atoms with E-state index in [1.54, 1.807) is 6.07 Å². The SMILES string of the molecule is COCC(N)C(=O)N(C)c1ccc(OC)c(F)c1.Cl. The first-order valence-electron chi connectivity index (χ1n) is 5.37. The molecule has 0 aromatic heterocycles. The molecule has 1 unspecified atom stereocenters. The zero-order chi connectivity index (χ0) is 13.7. The third-order valence-corrected chi connectivity index (χ3v) is 2.52. The molecular formula is C12H18ClFN2O3. The third-order valence-electron chi connectivity index (χ3n) is 2.52. The molecule has 5 nitrogen and oxygen atoms in total. The number of benzene rings is 1. The number of hydrogen-bond donors (Lipinski definition) is 1. The Morgan fingerprint density at radius 3 is 2.58 bits per heavy atom. The Morgan fingerprint density at radius 1 is 1.47 bits per heavy atom. The minimum atomic E-state index is -0.773. The topological polar surface area (TPSA) is 64.8 Å². The van der Waals surface area contributed by atoms with E-state index in [4.69, 9.17) is 15.2 Å². The normalized spacial score (nSPS) is 11.4. The second-order valence-electron chi connectivity index (χ2n) is 3.78. The summed E-state index contributed by atoms with van der Waals surface area (Å²) in [7, 11) is 4.36. The average molecular weight is 293 g/mol. The fraction of sp³-hybridized carbons (Fsp3) is 0.417. The van der Waals surface area contributed by atoms with Crippen LogP contribution in [0.2, 0.25) is 0 Å². The Bertz CT molecular complexity index is 431. The van der Waals surface area contributed by atoms with E-state index >= 15 is 0 Å². The quantitative estimate of drug-likeness (QED) is 0.885. The number of halogens is 2. The Hall–Kier alpha value is -1.37. The van der Waals surface area contributed by atoms with E-state index in [0.717, 1.165) is 0 Å². The van der Waals surface area contributed by atoms with Gasteiger partial charge in [-0.05, 0) is 12.1 Å². The molecule has 19 heavy (non-hydrogen) atoms. The Labute approximate surface area is 117 Å². The monoisotopic (exact) mass is 292 g/mol. The van der Waals surface area contributed by atoms with Crippen LogP contribution in [0.5, 0.6) is 5.75 Å². The van der Waals surface area contributed by atoms with E-state index in [-0.39, 0.29) is 30.7 Å². The average Bonchev–Trinajstić information content (AvgIpc) is 2.37. The van der Waals surface area contributed by atoms with Gasteiger partial charge in [-0.2, -0.15) is 0 Å². The fourth-order valence-electron chi connectivity index (χ4n) is 1.49. The van der Waals surface area contributed by atoms with Crippen molar-refractivity contribution in [2.24, 2.45) is 5.73 Å². The molecule has 0 radical (unpaired) electrons. The lowest BCUT2D eigenvalue weighted by atomic mass is 10.2. The lowest BCUT2D eigenvalue weighted by Crippen LogP contribution is -2.44. The van der Waals surface area contributed by atoms with E-state index in [1.165, 1.54) is 38.3 Å². The zero-order valence-corrected chi connectivity index (χ0v) is 11.9. The largest absolute Gasteiger partial charge is 0.494 e. The van der Waals surface area contributed by atoms with Crippen LogP contribution in [0.4, 0.5) is 10.1 Å². The van der Waals surface area contributed by atoms with Crippen LogP contribution in [0.1, 0.15) is 0 Å². The van der Waals surface area contributed by atoms with Gasteiger partial charge in [0.15, 0.2) is 11.6 Å². The van der Waals surface area contributed by atoms with E-state index in [2.05, 4.69) is 0 Å². The Balaban J connectivity index is 0.00000324. The van der Waals surface area contributed by atoms with E-state index in [9.17, 15) is 9.18 Å². The highest BCUT2D eigenvalue weighted by molar-refractivity contribution is 5.96. The summed E-state index contributed by atoms with van der Waals surface area (Å²) < 4.78 is 23.1. The van der Waals surface area contributed by atoms with Crippen LogP contribution in [0.15, 0.2) is 18.2 Å². The minimum absolute atomic E-state index is 0. The molecule has 1 aromatic carbocycles. The van der Waals surface area contributed by atoms with Gasteiger partial charge in [0.25, 0.3) is 0 Å². The van der Waals surface area contributed by atoms with Crippen molar-refractivity contribution >= 4 is 24.0 Å². The van der Waals surface area contributed by atoms with Gasteiger partial charge in [-0.15, -0.1) is 12.4 Å². The van der Waals surface area contributed by atoms with Crippen molar-refractivity contribution in [3.05, 3.63) is 24.0 Å². The number of amides is 1. The molecule has 108 valence electrons. The number of carbonyl (C=O) groups excluding carboxylic acids is 1. The molecule has 1 atom stereocenters. The summed E-state index contributed by atoms with van der Waals surface area (Å²) >= 11 is 0. The first-order valence-corrected chi connectivity index (χ1v) is 5.37. The number of nitrogens with zero attached hydrogens (tertiary/aromatic N) is 1. The lowest BCUT2D eigenvalue weighted by molar-refractivity contribution is -0.120. The first-order chi connectivity index (χ1) is 8.51. The van der Waals surface area contributed by atoms with Gasteiger partial charge in [-0.1, -0.05) is 0 Å². The summed E-state index contributed by atoms with van der Waals surface area (Å²) in [5.74, 6) is -0.753. The molecule has 0 heterocycles. The summed E-state index contributed by atoms with van der Waals surface area (Å²) in [5.41, 5.74) is 6.03. The van der Waals surface area contributed by atoms with E-state index < -0.39 is 11.9 Å². The maximum atomic E-state index is 13.5. The van der Waals surface area contributed by atoms with Crippen LogP contribution in [0, 0.1) is 5.82 Å². The van der Waals surface area contributed by atoms with Crippen LogP contribution < -0.4 is 15.4 Å². The Kier molecular flexibility index (Phi) is 7.36. The second-order valence-corrected chi connectivity index (χ2v) is 3.78. The van der Waals surface area contributed by atoms with Crippen LogP contribution >= 0.6 is 12.4 Å². The maximum absolute atomic E-state index is 13.5. The summed E-state index contributed by atoms with van der Waals surface area (Å²) in [4.78, 5) is 13.2. The maximum Gasteiger partial charge on any atom is 0.246 e. The third kappa shape index (κ3) is 4.34. The van der Waals surface area contributed by atoms with Gasteiger partial charge in [-0.3, -0.25) is 4.79 Å². The molecule has 0 fully saturated rings. The molecule has 2 N–H and O–H groups in total. The van der Waals surface area contributed by atoms with Crippen molar-refractivity contribution in [2.45, 2.75) is 6.04 Å². The van der Waals surface area contributed by atoms with Crippen LogP contribution in [0.25, 0.3) is 0 Å². The lowest BCUT2D eigenvalue weighted by Gasteiger charge is -2.21. The molecule has 0 spiro atoms. The number of hydrogen-bond acceptors (Lipinski definition) is 4. The van der Waals surface area contributed by atoms with Gasteiger partial charge in [0.2, 0.25) is 5.91 Å². The fourth-order valence-corrected chi connectivity index (χ4v) is 1.49. The van der Waals surface area contributed by atoms with Gasteiger partial charge < -0.3 is 20.1 Å². The zero-order valence-electron chi connectivity index (χ0n) is 11.1. The summed E-state index contributed by atoms with van der Waals surface area (Å²) in [5, 5.41) is 0. The highest BCUT2D eigenvalue weighted by Gasteiger charge is 2.19. The summed E-state index contributed by atoms with van der Waals surface area (Å²) in [6.45, 7) is 0.113. The number of nitrogens with two attached hydrogens (primary N) is 1. The molecule has 0 saturated carbocycles. The van der Waals surface area contributed by atoms with Gasteiger partial charge >= 0.3 is 0 Å². The van der Waals surface area contributed by atoms with E-state index in [0.29, 0.717) is 5.69 Å². The molecule has 0 aliphatic rings. The number of ether oxygens (including phenoxy) is 2. The van der Waals surface area contributed by atoms with Crippen molar-refractivity contribution in [3.8, 4) is 5.75 Å². The van der Waals surface area contributed by atoms with Gasteiger partial charge in [0, 0.05) is 25.9 Å². The summed E-state index contributed by atoms with van der Waals surface area (Å²) in [6, 6.07) is 3.48. The number of likely N-dealkylation sites (N-methyl/N-ethyl adjacent to an activating group) is 1. The Morgan fingerprint density at radius 2 is 2.11 bits per heavy atom. The number of rotatable bonds is 5. The predicted molar refractivity (Wildman–Crippen MR) is 73.5 cm³/mol. The molecule has 0 bridgehead atoms. The number of carbonyl (C=O) groups is 1. The molecular weight excluding hydrogens is 275 g/mol. The van der Waals surface area contributed by atoms with Crippen molar-refractivity contribution < 1.29 is 18.7 Å². The highest BCUT2D eigenvalue weighted by Crippen LogP contribution is 2.23. The molecule has 0 saturated heterocycles. The standard InChI is InChI=1S/C12H17FN2O3.ClH/c1-15(12(16)10(14)7-17-2)8-4-5-11(18-3)9(13)6-8;/h4-6,10H,7,14H2,1-3H3;1H. The first kappa shape index (κ1) is 17.6. The number of anilines is 1. The minimum Gasteiger partial charge on any atom is -0.494 e. The van der Waals surface area contributed by atoms with Crippen molar-refractivity contribution in [1.29, 1.82) is 0 Å². The second kappa shape index (κ2) is 7.93. The van der Waals surface area contributed by atoms with Crippen LogP contribution in [0.3, 0.4) is 0 Å². The van der Waals surface area contributed by atoms with Gasteiger partial charge in [0.1, 0.15) is 6.04 Å². The number of methoxy groups -OCH3 is 2. The molecule has 1 rings (SSSR count). The van der Waals surface area contributed by atoms with Crippen molar-refractivity contribution in [1.82, 2.24) is 0 Å². The van der Waals surface area contributed by atoms with Gasteiger partial charge in [0.05, 0.1) is 13.7 Å². The smallest absolute Gasteiger partial charge is 0.246 e. The van der Waals surface area contributed by atoms with E-state index in [1.807, 2.05) is 0 Å². The molecule has 1 amide bonds. The molecule has 0 aliphatic heterocycles. The predicted octanol–water partition coefficient (Wildman–Crippen LogP) is 1.19. The molecule has 7 heteroatoms.